The minimum Gasteiger partial charge on any atom is -0.478 e. The van der Waals surface area contributed by atoms with Gasteiger partial charge in [0.2, 0.25) is 0 Å². The quantitative estimate of drug-likeness (QED) is 0.805. The molecular weight excluding hydrogens is 250 g/mol. The zero-order valence-electron chi connectivity index (χ0n) is 13.3. The van der Waals surface area contributed by atoms with Crippen molar-refractivity contribution in [1.82, 2.24) is 0 Å². The van der Waals surface area contributed by atoms with Gasteiger partial charge in [-0.1, -0.05) is 27.7 Å². The zero-order chi connectivity index (χ0) is 15.3. The maximum atomic E-state index is 11.1. The number of aromatic carboxylic acids is 1. The molecule has 3 nitrogen and oxygen atoms in total. The molecule has 0 saturated heterocycles. The summed E-state index contributed by atoms with van der Waals surface area (Å²) in [6, 6.07) is 6.18. The minimum absolute atomic E-state index is 0.391. The number of nitrogens with zero attached hydrogens (tertiary/aromatic N) is 1. The van der Waals surface area contributed by atoms with E-state index < -0.39 is 5.97 Å². The molecule has 0 saturated carbocycles. The predicted molar refractivity (Wildman–Crippen MR) is 84.7 cm³/mol. The van der Waals surface area contributed by atoms with Gasteiger partial charge in [0.05, 0.1) is 5.56 Å². The number of aryl methyl sites for hydroxylation is 1. The molecule has 1 N–H and O–H groups in total. The second-order valence-electron chi connectivity index (χ2n) is 5.82. The first kappa shape index (κ1) is 16.5. The number of rotatable bonds is 7. The maximum Gasteiger partial charge on any atom is 0.335 e. The Hall–Kier alpha value is -1.51. The van der Waals surface area contributed by atoms with E-state index in [-0.39, 0.29) is 0 Å². The van der Waals surface area contributed by atoms with Gasteiger partial charge in [-0.25, -0.2) is 4.79 Å². The lowest BCUT2D eigenvalue weighted by atomic mass is 10.0. The van der Waals surface area contributed by atoms with Crippen molar-refractivity contribution in [3.63, 3.8) is 0 Å². The van der Waals surface area contributed by atoms with Gasteiger partial charge in [0.1, 0.15) is 0 Å². The smallest absolute Gasteiger partial charge is 0.335 e. The van der Waals surface area contributed by atoms with E-state index in [0.29, 0.717) is 17.5 Å². The van der Waals surface area contributed by atoms with Crippen molar-refractivity contribution in [3.05, 3.63) is 29.3 Å². The molecule has 1 rings (SSSR count). The molecule has 0 aliphatic rings. The largest absolute Gasteiger partial charge is 0.478 e. The van der Waals surface area contributed by atoms with E-state index in [2.05, 4.69) is 32.6 Å². The molecule has 3 heteroatoms. The van der Waals surface area contributed by atoms with Crippen molar-refractivity contribution in [2.45, 2.75) is 53.5 Å². The van der Waals surface area contributed by atoms with E-state index in [1.165, 1.54) is 0 Å². The normalized spacial score (nSPS) is 11.2. The van der Waals surface area contributed by atoms with Gasteiger partial charge in [-0.2, -0.15) is 0 Å². The van der Waals surface area contributed by atoms with Crippen LogP contribution >= 0.6 is 0 Å². The van der Waals surface area contributed by atoms with Crippen LogP contribution in [0.15, 0.2) is 18.2 Å². The molecule has 112 valence electrons. The summed E-state index contributed by atoms with van der Waals surface area (Å²) in [6.07, 6.45) is 2.20. The van der Waals surface area contributed by atoms with E-state index in [1.54, 1.807) is 6.07 Å². The standard InChI is InChI=1S/C17H27NO2/c1-6-14(7-2)18(11-12(3)4)15-8-9-16(17(19)20)13(5)10-15/h8-10,12,14H,6-7,11H2,1-5H3,(H,19,20). The third-order valence-electron chi connectivity index (χ3n) is 3.72. The highest BCUT2D eigenvalue weighted by Crippen LogP contribution is 2.24. The fraction of sp³-hybridized carbons (Fsp3) is 0.588. The summed E-state index contributed by atoms with van der Waals surface area (Å²) in [6.45, 7) is 11.7. The van der Waals surface area contributed by atoms with Crippen molar-refractivity contribution < 1.29 is 9.90 Å². The fourth-order valence-corrected chi connectivity index (χ4v) is 2.65. The molecule has 1 aromatic carbocycles. The highest BCUT2D eigenvalue weighted by atomic mass is 16.4. The van der Waals surface area contributed by atoms with Crippen molar-refractivity contribution in [1.29, 1.82) is 0 Å². The SMILES string of the molecule is CCC(CC)N(CC(C)C)c1ccc(C(=O)O)c(C)c1. The van der Waals surface area contributed by atoms with Gasteiger partial charge >= 0.3 is 5.97 Å². The average molecular weight is 277 g/mol. The van der Waals surface area contributed by atoms with Gasteiger partial charge in [-0.05, 0) is 49.4 Å². The van der Waals surface area contributed by atoms with Crippen LogP contribution < -0.4 is 4.90 Å². The molecule has 0 aliphatic heterocycles. The number of hydrogen-bond donors (Lipinski definition) is 1. The van der Waals surface area contributed by atoms with Crippen molar-refractivity contribution >= 4 is 11.7 Å². The summed E-state index contributed by atoms with van der Waals surface area (Å²) in [5.74, 6) is -0.276. The highest BCUT2D eigenvalue weighted by Gasteiger charge is 2.18. The molecule has 1 aromatic rings. The summed E-state index contributed by atoms with van der Waals surface area (Å²) in [5, 5.41) is 9.13. The van der Waals surface area contributed by atoms with E-state index in [4.69, 9.17) is 5.11 Å². The lowest BCUT2D eigenvalue weighted by molar-refractivity contribution is 0.0696. The molecule has 0 bridgehead atoms. The average Bonchev–Trinajstić information content (AvgIpc) is 2.37. The van der Waals surface area contributed by atoms with Crippen LogP contribution in [0.5, 0.6) is 0 Å². The third-order valence-corrected chi connectivity index (χ3v) is 3.72. The van der Waals surface area contributed by atoms with E-state index in [1.807, 2.05) is 19.1 Å². The van der Waals surface area contributed by atoms with Crippen LogP contribution in [0.3, 0.4) is 0 Å². The summed E-state index contributed by atoms with van der Waals surface area (Å²) in [5.41, 5.74) is 2.35. The van der Waals surface area contributed by atoms with Gasteiger partial charge in [0.25, 0.3) is 0 Å². The second-order valence-corrected chi connectivity index (χ2v) is 5.82. The number of carboxylic acid groups (broad SMARTS) is 1. The van der Waals surface area contributed by atoms with Crippen LogP contribution in [-0.4, -0.2) is 23.7 Å². The first-order valence-electron chi connectivity index (χ1n) is 7.51. The monoisotopic (exact) mass is 277 g/mol. The van der Waals surface area contributed by atoms with Crippen molar-refractivity contribution in [2.75, 3.05) is 11.4 Å². The Morgan fingerprint density at radius 2 is 1.85 bits per heavy atom. The molecule has 20 heavy (non-hydrogen) atoms. The van der Waals surface area contributed by atoms with Gasteiger partial charge < -0.3 is 10.0 Å². The Morgan fingerprint density at radius 3 is 2.25 bits per heavy atom. The molecule has 0 aromatic heterocycles. The van der Waals surface area contributed by atoms with Crippen molar-refractivity contribution in [3.8, 4) is 0 Å². The lowest BCUT2D eigenvalue weighted by Crippen LogP contribution is -2.37. The number of hydrogen-bond acceptors (Lipinski definition) is 2. The van der Waals surface area contributed by atoms with E-state index in [9.17, 15) is 4.79 Å². The first-order valence-corrected chi connectivity index (χ1v) is 7.51. The zero-order valence-corrected chi connectivity index (χ0v) is 13.3. The highest BCUT2D eigenvalue weighted by molar-refractivity contribution is 5.89. The molecule has 0 spiro atoms. The van der Waals surface area contributed by atoms with Crippen LogP contribution in [-0.2, 0) is 0 Å². The Morgan fingerprint density at radius 1 is 1.25 bits per heavy atom. The Balaban J connectivity index is 3.13. The van der Waals surface area contributed by atoms with Crippen LogP contribution in [0.25, 0.3) is 0 Å². The number of carbonyl (C=O) groups is 1. The third kappa shape index (κ3) is 3.99. The molecule has 0 radical (unpaired) electrons. The number of anilines is 1. The molecule has 0 atom stereocenters. The van der Waals surface area contributed by atoms with Crippen LogP contribution in [0, 0.1) is 12.8 Å². The maximum absolute atomic E-state index is 11.1. The van der Waals surface area contributed by atoms with Crippen LogP contribution in [0.1, 0.15) is 56.5 Å². The number of benzene rings is 1. The van der Waals surface area contributed by atoms with E-state index in [0.717, 1.165) is 30.6 Å². The summed E-state index contributed by atoms with van der Waals surface area (Å²) in [7, 11) is 0. The van der Waals surface area contributed by atoms with Crippen LogP contribution in [0.4, 0.5) is 5.69 Å². The summed E-state index contributed by atoms with van der Waals surface area (Å²) in [4.78, 5) is 13.5. The van der Waals surface area contributed by atoms with Crippen molar-refractivity contribution in [2.24, 2.45) is 5.92 Å². The Labute approximate surface area is 122 Å². The molecule has 0 aliphatic carbocycles. The molecule has 0 unspecified atom stereocenters. The molecule has 0 fully saturated rings. The molecular formula is C17H27NO2. The number of carboxylic acids is 1. The second kappa shape index (κ2) is 7.32. The van der Waals surface area contributed by atoms with Gasteiger partial charge in [-0.15, -0.1) is 0 Å². The Bertz CT molecular complexity index is 450. The fourth-order valence-electron chi connectivity index (χ4n) is 2.65. The first-order chi connectivity index (χ1) is 9.40. The summed E-state index contributed by atoms with van der Waals surface area (Å²) < 4.78 is 0. The lowest BCUT2D eigenvalue weighted by Gasteiger charge is -2.34. The van der Waals surface area contributed by atoms with Gasteiger partial charge in [0.15, 0.2) is 0 Å². The predicted octanol–water partition coefficient (Wildman–Crippen LogP) is 4.34. The molecule has 0 amide bonds. The summed E-state index contributed by atoms with van der Waals surface area (Å²) >= 11 is 0. The van der Waals surface area contributed by atoms with Gasteiger partial charge in [-0.3, -0.25) is 0 Å². The topological polar surface area (TPSA) is 40.5 Å². The van der Waals surface area contributed by atoms with Gasteiger partial charge in [0, 0.05) is 18.3 Å². The van der Waals surface area contributed by atoms with E-state index >= 15 is 0 Å². The Kier molecular flexibility index (Phi) is 6.05. The van der Waals surface area contributed by atoms with Crippen LogP contribution in [0.2, 0.25) is 0 Å². The minimum atomic E-state index is -0.855. The molecule has 0 heterocycles.